The lowest BCUT2D eigenvalue weighted by molar-refractivity contribution is -0.277. The first-order valence-corrected chi connectivity index (χ1v) is 7.69. The fourth-order valence-corrected chi connectivity index (χ4v) is 2.36. The Labute approximate surface area is 144 Å². The summed E-state index contributed by atoms with van der Waals surface area (Å²) in [6, 6.07) is 6.58. The predicted molar refractivity (Wildman–Crippen MR) is 85.8 cm³/mol. The van der Waals surface area contributed by atoms with Gasteiger partial charge in [0, 0.05) is 19.1 Å². The van der Waals surface area contributed by atoms with Crippen LogP contribution in [0.3, 0.4) is 0 Å². The van der Waals surface area contributed by atoms with E-state index in [0.717, 1.165) is 19.2 Å². The van der Waals surface area contributed by atoms with E-state index in [4.69, 9.17) is 4.74 Å². The maximum absolute atomic E-state index is 13.8. The molecule has 0 heterocycles. The van der Waals surface area contributed by atoms with Crippen molar-refractivity contribution in [2.75, 3.05) is 7.11 Å². The van der Waals surface area contributed by atoms with Gasteiger partial charge in [-0.05, 0) is 26.3 Å². The van der Waals surface area contributed by atoms with Crippen molar-refractivity contribution in [1.82, 2.24) is 0 Å². The van der Waals surface area contributed by atoms with Gasteiger partial charge in [-0.25, -0.2) is 4.79 Å². The normalized spacial score (nSPS) is 15.6. The highest BCUT2D eigenvalue weighted by molar-refractivity contribution is 5.83. The van der Waals surface area contributed by atoms with E-state index in [-0.39, 0.29) is 24.2 Å². The summed E-state index contributed by atoms with van der Waals surface area (Å²) in [4.78, 5) is 23.6. The number of esters is 1. The summed E-state index contributed by atoms with van der Waals surface area (Å²) in [6.07, 6.45) is -2.83. The number of hydrogen-bond acceptors (Lipinski definition) is 4. The monoisotopic (exact) mass is 358 g/mol. The first-order chi connectivity index (χ1) is 11.7. The van der Waals surface area contributed by atoms with Crippen molar-refractivity contribution in [2.24, 2.45) is 0 Å². The SMILES string of the molecule is C/C=C/[C@@H](CCC(C)=O)OC(=O)[C@](OC)(c1ccccc1)C(F)(F)F. The van der Waals surface area contributed by atoms with Gasteiger partial charge in [0.05, 0.1) is 0 Å². The van der Waals surface area contributed by atoms with Crippen LogP contribution in [-0.4, -0.2) is 31.1 Å². The zero-order valence-electron chi connectivity index (χ0n) is 14.3. The molecule has 0 bridgehead atoms. The Hall–Kier alpha value is -2.15. The van der Waals surface area contributed by atoms with Gasteiger partial charge < -0.3 is 14.3 Å². The summed E-state index contributed by atoms with van der Waals surface area (Å²) in [6.45, 7) is 2.99. The van der Waals surface area contributed by atoms with Crippen LogP contribution < -0.4 is 0 Å². The molecule has 25 heavy (non-hydrogen) atoms. The first-order valence-electron chi connectivity index (χ1n) is 7.69. The molecule has 0 saturated heterocycles. The van der Waals surface area contributed by atoms with E-state index in [1.807, 2.05) is 0 Å². The number of hydrogen-bond donors (Lipinski definition) is 0. The Balaban J connectivity index is 3.22. The number of Topliss-reactive ketones (excluding diaryl/α,β-unsaturated/α-hetero) is 1. The fraction of sp³-hybridized carbons (Fsp3) is 0.444. The summed E-state index contributed by atoms with van der Waals surface area (Å²) >= 11 is 0. The van der Waals surface area contributed by atoms with E-state index in [1.165, 1.54) is 31.2 Å². The largest absolute Gasteiger partial charge is 0.455 e. The van der Waals surface area contributed by atoms with Crippen molar-refractivity contribution in [3.05, 3.63) is 48.0 Å². The van der Waals surface area contributed by atoms with Crippen molar-refractivity contribution in [1.29, 1.82) is 0 Å². The maximum Gasteiger partial charge on any atom is 0.432 e. The summed E-state index contributed by atoms with van der Waals surface area (Å²) < 4.78 is 51.0. The molecule has 0 aliphatic carbocycles. The molecule has 4 nitrogen and oxygen atoms in total. The minimum atomic E-state index is -5.03. The standard InChI is InChI=1S/C18H21F3O4/c1-4-8-15(12-11-13(2)22)25-16(23)17(24-3,18(19,20)21)14-9-6-5-7-10-14/h4-10,15H,11-12H2,1-3H3/b8-4+/t15-,17+/m0/s1. The van der Waals surface area contributed by atoms with E-state index in [9.17, 15) is 22.8 Å². The lowest BCUT2D eigenvalue weighted by Crippen LogP contribution is -2.52. The molecule has 0 aromatic heterocycles. The second kappa shape index (κ2) is 8.80. The van der Waals surface area contributed by atoms with E-state index in [0.29, 0.717) is 0 Å². The molecule has 0 radical (unpaired) electrons. The highest BCUT2D eigenvalue weighted by Crippen LogP contribution is 2.43. The Morgan fingerprint density at radius 2 is 1.80 bits per heavy atom. The van der Waals surface area contributed by atoms with Crippen LogP contribution >= 0.6 is 0 Å². The second-order valence-corrected chi connectivity index (χ2v) is 5.46. The van der Waals surface area contributed by atoms with Crippen molar-refractivity contribution in [3.8, 4) is 0 Å². The van der Waals surface area contributed by atoms with Crippen molar-refractivity contribution in [2.45, 2.75) is 44.6 Å². The number of benzene rings is 1. The van der Waals surface area contributed by atoms with Crippen molar-refractivity contribution in [3.63, 3.8) is 0 Å². The van der Waals surface area contributed by atoms with Crippen LogP contribution in [0.1, 0.15) is 32.3 Å². The predicted octanol–water partition coefficient (Wildman–Crippen LogP) is 3.95. The minimum absolute atomic E-state index is 0.0830. The average Bonchev–Trinajstić information content (AvgIpc) is 2.53. The average molecular weight is 358 g/mol. The van der Waals surface area contributed by atoms with Gasteiger partial charge in [-0.1, -0.05) is 36.4 Å². The molecule has 1 aromatic carbocycles. The third kappa shape index (κ3) is 4.92. The minimum Gasteiger partial charge on any atom is -0.455 e. The van der Waals surface area contributed by atoms with Crippen molar-refractivity contribution < 1.29 is 32.2 Å². The van der Waals surface area contributed by atoms with Gasteiger partial charge in [-0.3, -0.25) is 0 Å². The Kier molecular flexibility index (Phi) is 7.36. The van der Waals surface area contributed by atoms with Gasteiger partial charge in [-0.15, -0.1) is 0 Å². The molecule has 138 valence electrons. The molecule has 0 fully saturated rings. The maximum atomic E-state index is 13.8. The number of carbonyl (C=O) groups is 2. The summed E-state index contributed by atoms with van der Waals surface area (Å²) in [5.41, 5.74) is -3.61. The van der Waals surface area contributed by atoms with Crippen LogP contribution in [0.25, 0.3) is 0 Å². The fourth-order valence-electron chi connectivity index (χ4n) is 2.36. The van der Waals surface area contributed by atoms with Crippen LogP contribution in [0.5, 0.6) is 0 Å². The third-order valence-electron chi connectivity index (χ3n) is 3.62. The van der Waals surface area contributed by atoms with E-state index >= 15 is 0 Å². The Morgan fingerprint density at radius 3 is 2.24 bits per heavy atom. The van der Waals surface area contributed by atoms with Crippen LogP contribution in [-0.2, 0) is 24.7 Å². The number of methoxy groups -OCH3 is 1. The number of ketones is 1. The van der Waals surface area contributed by atoms with Gasteiger partial charge in [0.2, 0.25) is 0 Å². The quantitative estimate of drug-likeness (QED) is 0.522. The second-order valence-electron chi connectivity index (χ2n) is 5.46. The molecule has 2 atom stereocenters. The molecule has 1 aromatic rings. The van der Waals surface area contributed by atoms with E-state index < -0.39 is 23.9 Å². The molecule has 0 aliphatic heterocycles. The number of halogens is 3. The number of carbonyl (C=O) groups excluding carboxylic acids is 2. The molecule has 7 heteroatoms. The Morgan fingerprint density at radius 1 is 1.20 bits per heavy atom. The summed E-state index contributed by atoms with van der Waals surface area (Å²) in [5.74, 6) is -1.72. The first kappa shape index (κ1) is 20.9. The molecule has 0 saturated carbocycles. The molecule has 0 unspecified atom stereocenters. The highest BCUT2D eigenvalue weighted by atomic mass is 19.4. The zero-order valence-corrected chi connectivity index (χ0v) is 14.3. The zero-order chi connectivity index (χ0) is 19.1. The van der Waals surface area contributed by atoms with Gasteiger partial charge in [0.25, 0.3) is 5.60 Å². The number of allylic oxidation sites excluding steroid dienone is 1. The molecular formula is C18H21F3O4. The van der Waals surface area contributed by atoms with Crippen LogP contribution in [0.4, 0.5) is 13.2 Å². The van der Waals surface area contributed by atoms with Gasteiger partial charge >= 0.3 is 12.1 Å². The molecular weight excluding hydrogens is 337 g/mol. The lowest BCUT2D eigenvalue weighted by Gasteiger charge is -2.33. The highest BCUT2D eigenvalue weighted by Gasteiger charge is 2.64. The topological polar surface area (TPSA) is 52.6 Å². The lowest BCUT2D eigenvalue weighted by atomic mass is 9.92. The van der Waals surface area contributed by atoms with Gasteiger partial charge in [0.15, 0.2) is 0 Å². The van der Waals surface area contributed by atoms with Crippen molar-refractivity contribution >= 4 is 11.8 Å². The number of alkyl halides is 3. The molecule has 1 rings (SSSR count). The molecule has 0 amide bonds. The van der Waals surface area contributed by atoms with E-state index in [2.05, 4.69) is 4.74 Å². The van der Waals surface area contributed by atoms with E-state index in [1.54, 1.807) is 13.0 Å². The molecule has 0 spiro atoms. The van der Waals surface area contributed by atoms with Gasteiger partial charge in [-0.2, -0.15) is 13.2 Å². The molecule has 0 aliphatic rings. The number of ether oxygens (including phenoxy) is 2. The van der Waals surface area contributed by atoms with Crippen LogP contribution in [0, 0.1) is 0 Å². The smallest absolute Gasteiger partial charge is 0.432 e. The third-order valence-corrected chi connectivity index (χ3v) is 3.62. The summed E-state index contributed by atoms with van der Waals surface area (Å²) in [7, 11) is 0.808. The van der Waals surface area contributed by atoms with Gasteiger partial charge in [0.1, 0.15) is 11.9 Å². The number of rotatable bonds is 8. The summed E-state index contributed by atoms with van der Waals surface area (Å²) in [5, 5.41) is 0. The van der Waals surface area contributed by atoms with Crippen LogP contribution in [0.2, 0.25) is 0 Å². The molecule has 0 N–H and O–H groups in total. The Bertz CT molecular complexity index is 610. The van der Waals surface area contributed by atoms with Crippen LogP contribution in [0.15, 0.2) is 42.5 Å².